The Morgan fingerprint density at radius 1 is 1.39 bits per heavy atom. The Morgan fingerprint density at radius 2 is 2.13 bits per heavy atom. The molecule has 0 aliphatic rings. The zero-order valence-corrected chi connectivity index (χ0v) is 17.3. The topological polar surface area (TPSA) is 76.5 Å². The van der Waals surface area contributed by atoms with Crippen LogP contribution in [0.5, 0.6) is 5.75 Å². The van der Waals surface area contributed by atoms with Crippen molar-refractivity contribution in [2.45, 2.75) is 11.4 Å². The number of hydrogen-bond acceptors (Lipinski definition) is 5. The summed E-state index contributed by atoms with van der Waals surface area (Å²) in [5.41, 5.74) is 0.615. The fourth-order valence-corrected chi connectivity index (χ4v) is 2.75. The number of carbonyl (C=O) groups excluding carboxylic acids is 1. The van der Waals surface area contributed by atoms with Crippen molar-refractivity contribution in [3.8, 4) is 5.75 Å². The standard InChI is InChI=1S/C15H12ClNO4S.K.H/c1-21-10-4-5-12(16)9(7-10)8-13(18)22-14-11(15(19)20)3-2-6-17-14;;/h2-7H,8H2,1H3,(H,19,20);;/q;+1;-1. The molecule has 1 heterocycles. The van der Waals surface area contributed by atoms with E-state index >= 15 is 0 Å². The molecule has 0 spiro atoms. The van der Waals surface area contributed by atoms with Crippen molar-refractivity contribution in [1.82, 2.24) is 4.98 Å². The second-order valence-corrected chi connectivity index (χ2v) is 5.72. The summed E-state index contributed by atoms with van der Waals surface area (Å²) in [4.78, 5) is 27.2. The van der Waals surface area contributed by atoms with Crippen molar-refractivity contribution in [3.63, 3.8) is 0 Å². The molecule has 0 amide bonds. The number of ether oxygens (including phenoxy) is 1. The molecule has 1 aromatic carbocycles. The average molecular weight is 378 g/mol. The summed E-state index contributed by atoms with van der Waals surface area (Å²) in [5, 5.41) is 9.44. The molecule has 116 valence electrons. The van der Waals surface area contributed by atoms with Crippen molar-refractivity contribution >= 4 is 34.4 Å². The fourth-order valence-electron chi connectivity index (χ4n) is 1.75. The van der Waals surface area contributed by atoms with Crippen LogP contribution >= 0.6 is 23.4 Å². The van der Waals surface area contributed by atoms with Gasteiger partial charge in [-0.1, -0.05) is 11.6 Å². The zero-order chi connectivity index (χ0) is 16.1. The first-order chi connectivity index (χ1) is 10.5. The Balaban J connectivity index is 0.00000264. The first-order valence-electron chi connectivity index (χ1n) is 6.22. The monoisotopic (exact) mass is 377 g/mol. The van der Waals surface area contributed by atoms with E-state index in [9.17, 15) is 9.59 Å². The minimum absolute atomic E-state index is 0. The summed E-state index contributed by atoms with van der Waals surface area (Å²) in [6.07, 6.45) is 1.50. The van der Waals surface area contributed by atoms with Gasteiger partial charge in [0, 0.05) is 17.6 Å². The van der Waals surface area contributed by atoms with Crippen molar-refractivity contribution in [2.24, 2.45) is 0 Å². The molecule has 0 aliphatic heterocycles. The number of methoxy groups -OCH3 is 1. The zero-order valence-electron chi connectivity index (χ0n) is 13.6. The van der Waals surface area contributed by atoms with Gasteiger partial charge in [-0.3, -0.25) is 4.79 Å². The number of rotatable bonds is 5. The first-order valence-corrected chi connectivity index (χ1v) is 7.42. The molecule has 0 radical (unpaired) electrons. The number of aromatic carboxylic acids is 1. The molecular weight excluding hydrogens is 365 g/mol. The Kier molecular flexibility index (Phi) is 8.77. The molecule has 5 nitrogen and oxygen atoms in total. The summed E-state index contributed by atoms with van der Waals surface area (Å²) in [5.74, 6) is -0.524. The van der Waals surface area contributed by atoms with Gasteiger partial charge < -0.3 is 11.3 Å². The van der Waals surface area contributed by atoms with Gasteiger partial charge >= 0.3 is 57.4 Å². The van der Waals surface area contributed by atoms with Gasteiger partial charge in [0.15, 0.2) is 5.12 Å². The van der Waals surface area contributed by atoms with E-state index in [-0.39, 0.29) is 74.9 Å². The number of nitrogens with zero attached hydrogens (tertiary/aromatic N) is 1. The summed E-state index contributed by atoms with van der Waals surface area (Å²) in [6.45, 7) is 0. The molecule has 8 heteroatoms. The molecule has 0 unspecified atom stereocenters. The van der Waals surface area contributed by atoms with Gasteiger partial charge in [0.25, 0.3) is 0 Å². The number of pyridine rings is 1. The van der Waals surface area contributed by atoms with Crippen LogP contribution in [0.4, 0.5) is 0 Å². The smallest absolute Gasteiger partial charge is 1.00 e. The van der Waals surface area contributed by atoms with E-state index in [1.54, 1.807) is 18.2 Å². The van der Waals surface area contributed by atoms with Crippen LogP contribution in [0.25, 0.3) is 0 Å². The normalized spacial score (nSPS) is 9.83. The number of carbonyl (C=O) groups is 2. The third-order valence-corrected chi connectivity index (χ3v) is 4.06. The summed E-state index contributed by atoms with van der Waals surface area (Å²) >= 11 is 6.84. The second kappa shape index (κ2) is 9.78. The Morgan fingerprint density at radius 3 is 2.78 bits per heavy atom. The van der Waals surface area contributed by atoms with E-state index in [0.717, 1.165) is 11.8 Å². The van der Waals surface area contributed by atoms with Crippen molar-refractivity contribution in [3.05, 3.63) is 52.7 Å². The number of carboxylic acids is 1. The summed E-state index contributed by atoms with van der Waals surface area (Å²) in [7, 11) is 1.52. The Bertz CT molecular complexity index is 732. The van der Waals surface area contributed by atoms with E-state index in [0.29, 0.717) is 16.3 Å². The molecule has 0 aliphatic carbocycles. The predicted molar refractivity (Wildman–Crippen MR) is 84.9 cm³/mol. The maximum Gasteiger partial charge on any atom is 1.00 e. The molecule has 0 bridgehead atoms. The van der Waals surface area contributed by atoms with Gasteiger partial charge in [0.1, 0.15) is 10.8 Å². The molecule has 0 atom stereocenters. The number of halogens is 1. The molecule has 2 rings (SSSR count). The van der Waals surface area contributed by atoms with E-state index < -0.39 is 5.97 Å². The van der Waals surface area contributed by atoms with Gasteiger partial charge in [0.05, 0.1) is 12.7 Å². The van der Waals surface area contributed by atoms with Crippen LogP contribution in [0, 0.1) is 0 Å². The van der Waals surface area contributed by atoms with Crippen LogP contribution < -0.4 is 56.1 Å². The van der Waals surface area contributed by atoms with Crippen LogP contribution in [-0.2, 0) is 11.2 Å². The fraction of sp³-hybridized carbons (Fsp3) is 0.133. The van der Waals surface area contributed by atoms with Crippen LogP contribution in [0.2, 0.25) is 5.02 Å². The number of aromatic nitrogens is 1. The molecule has 2 aromatic rings. The van der Waals surface area contributed by atoms with E-state index in [2.05, 4.69) is 4.98 Å². The SMILES string of the molecule is COc1ccc(Cl)c(CC(=O)Sc2ncccc2C(=O)O)c1.[H-].[K+]. The molecule has 0 saturated carbocycles. The minimum atomic E-state index is -1.12. The van der Waals surface area contributed by atoms with Crippen LogP contribution in [0.3, 0.4) is 0 Å². The Hall–Kier alpha value is -0.414. The largest absolute Gasteiger partial charge is 1.00 e. The maximum atomic E-state index is 12.1. The predicted octanol–water partition coefficient (Wildman–Crippen LogP) is 0.420. The summed E-state index contributed by atoms with van der Waals surface area (Å²) < 4.78 is 5.09. The first kappa shape index (κ1) is 20.6. The third kappa shape index (κ3) is 5.86. The van der Waals surface area contributed by atoms with Crippen LogP contribution in [0.1, 0.15) is 17.3 Å². The van der Waals surface area contributed by atoms with Crippen molar-refractivity contribution in [1.29, 1.82) is 0 Å². The quantitative estimate of drug-likeness (QED) is 0.601. The maximum absolute atomic E-state index is 12.1. The number of benzene rings is 1. The average Bonchev–Trinajstić information content (AvgIpc) is 2.49. The molecular formula is C15H13ClKNO4S. The van der Waals surface area contributed by atoms with Crippen LogP contribution in [0.15, 0.2) is 41.6 Å². The van der Waals surface area contributed by atoms with Crippen molar-refractivity contribution < 1.29 is 72.2 Å². The molecule has 0 fully saturated rings. The Labute approximate surface area is 186 Å². The second-order valence-electron chi connectivity index (χ2n) is 4.27. The van der Waals surface area contributed by atoms with Crippen LogP contribution in [-0.4, -0.2) is 28.3 Å². The number of hydrogen-bond donors (Lipinski definition) is 1. The minimum Gasteiger partial charge on any atom is -1.00 e. The van der Waals surface area contributed by atoms with E-state index in [4.69, 9.17) is 21.4 Å². The third-order valence-electron chi connectivity index (χ3n) is 2.80. The van der Waals surface area contributed by atoms with Gasteiger partial charge in [0.2, 0.25) is 0 Å². The molecule has 1 aromatic heterocycles. The van der Waals surface area contributed by atoms with Crippen molar-refractivity contribution in [2.75, 3.05) is 7.11 Å². The van der Waals surface area contributed by atoms with Gasteiger partial charge in [-0.15, -0.1) is 0 Å². The summed E-state index contributed by atoms with van der Waals surface area (Å²) in [6, 6.07) is 7.94. The van der Waals surface area contributed by atoms with Gasteiger partial charge in [-0.25, -0.2) is 9.78 Å². The molecule has 0 saturated heterocycles. The van der Waals surface area contributed by atoms with E-state index in [1.807, 2.05) is 0 Å². The van der Waals surface area contributed by atoms with Gasteiger partial charge in [-0.05, 0) is 47.7 Å². The number of thioether (sulfide) groups is 1. The molecule has 1 N–H and O–H groups in total. The molecule has 23 heavy (non-hydrogen) atoms. The van der Waals surface area contributed by atoms with Gasteiger partial charge in [-0.2, -0.15) is 0 Å². The van der Waals surface area contributed by atoms with E-state index in [1.165, 1.54) is 25.4 Å². The number of carboxylic acid groups (broad SMARTS) is 1.